The average molecular weight is 282 g/mol. The van der Waals surface area contributed by atoms with Crippen molar-refractivity contribution in [1.29, 1.82) is 0 Å². The van der Waals surface area contributed by atoms with E-state index in [0.717, 1.165) is 18.4 Å². The number of hydrogen-bond acceptors (Lipinski definition) is 3. The van der Waals surface area contributed by atoms with Gasteiger partial charge in [-0.1, -0.05) is 19.9 Å². The second-order valence-electron chi connectivity index (χ2n) is 6.30. The SMILES string of the molecule is CC(=O)[C@@]1(C)CC[C@H](/C(C)=C/[C@H](C)C[C@H](C)C(=O)O)O1. The van der Waals surface area contributed by atoms with Crippen molar-refractivity contribution in [1.82, 2.24) is 0 Å². The minimum absolute atomic E-state index is 0.0218. The van der Waals surface area contributed by atoms with Crippen LogP contribution < -0.4 is 0 Å². The van der Waals surface area contributed by atoms with E-state index in [4.69, 9.17) is 9.84 Å². The average Bonchev–Trinajstić information content (AvgIpc) is 2.73. The Kier molecular flexibility index (Phi) is 5.51. The smallest absolute Gasteiger partial charge is 0.306 e. The summed E-state index contributed by atoms with van der Waals surface area (Å²) < 4.78 is 5.89. The molecule has 0 aromatic carbocycles. The minimum atomic E-state index is -0.760. The fourth-order valence-corrected chi connectivity index (χ4v) is 2.70. The molecule has 1 aliphatic rings. The fourth-order valence-electron chi connectivity index (χ4n) is 2.70. The summed E-state index contributed by atoms with van der Waals surface area (Å²) in [7, 11) is 0. The number of ketones is 1. The molecule has 0 bridgehead atoms. The summed E-state index contributed by atoms with van der Waals surface area (Å²) in [5.74, 6) is -0.848. The van der Waals surface area contributed by atoms with Gasteiger partial charge in [0.1, 0.15) is 5.60 Å². The van der Waals surface area contributed by atoms with Crippen molar-refractivity contribution in [3.8, 4) is 0 Å². The highest BCUT2D eigenvalue weighted by atomic mass is 16.5. The first-order valence-electron chi connectivity index (χ1n) is 7.25. The van der Waals surface area contributed by atoms with Gasteiger partial charge in [-0.05, 0) is 51.5 Å². The summed E-state index contributed by atoms with van der Waals surface area (Å²) in [5.41, 5.74) is 0.442. The number of allylic oxidation sites excluding steroid dienone is 1. The van der Waals surface area contributed by atoms with Gasteiger partial charge in [0.15, 0.2) is 5.78 Å². The largest absolute Gasteiger partial charge is 0.481 e. The summed E-state index contributed by atoms with van der Waals surface area (Å²) in [6.45, 7) is 9.15. The number of aliphatic carboxylic acids is 1. The first kappa shape index (κ1) is 16.9. The Morgan fingerprint density at radius 3 is 2.45 bits per heavy atom. The Hall–Kier alpha value is -1.16. The molecule has 0 amide bonds. The highest BCUT2D eigenvalue weighted by molar-refractivity contribution is 5.84. The van der Waals surface area contributed by atoms with E-state index in [9.17, 15) is 9.59 Å². The van der Waals surface area contributed by atoms with E-state index in [0.29, 0.717) is 6.42 Å². The summed E-state index contributed by atoms with van der Waals surface area (Å²) in [4.78, 5) is 22.4. The van der Waals surface area contributed by atoms with Crippen molar-refractivity contribution in [2.24, 2.45) is 11.8 Å². The Bertz CT molecular complexity index is 413. The van der Waals surface area contributed by atoms with Crippen molar-refractivity contribution >= 4 is 11.8 Å². The van der Waals surface area contributed by atoms with E-state index in [1.165, 1.54) is 0 Å². The molecule has 1 N–H and O–H groups in total. The number of hydrogen-bond donors (Lipinski definition) is 1. The third-order valence-corrected chi connectivity index (χ3v) is 4.23. The van der Waals surface area contributed by atoms with Gasteiger partial charge in [-0.25, -0.2) is 0 Å². The first-order chi connectivity index (χ1) is 9.15. The van der Waals surface area contributed by atoms with E-state index in [2.05, 4.69) is 6.08 Å². The van der Waals surface area contributed by atoms with Crippen molar-refractivity contribution in [3.63, 3.8) is 0 Å². The van der Waals surface area contributed by atoms with E-state index in [1.807, 2.05) is 20.8 Å². The lowest BCUT2D eigenvalue weighted by Gasteiger charge is -2.22. The quantitative estimate of drug-likeness (QED) is 0.760. The molecule has 0 aromatic heterocycles. The van der Waals surface area contributed by atoms with Gasteiger partial charge in [0, 0.05) is 0 Å². The lowest BCUT2D eigenvalue weighted by molar-refractivity contribution is -0.141. The number of rotatable bonds is 6. The van der Waals surface area contributed by atoms with Crippen LogP contribution in [0.5, 0.6) is 0 Å². The first-order valence-corrected chi connectivity index (χ1v) is 7.25. The molecular weight excluding hydrogens is 256 g/mol. The van der Waals surface area contributed by atoms with Gasteiger partial charge in [0.05, 0.1) is 12.0 Å². The van der Waals surface area contributed by atoms with Crippen LogP contribution in [0.3, 0.4) is 0 Å². The van der Waals surface area contributed by atoms with Gasteiger partial charge in [-0.15, -0.1) is 0 Å². The molecule has 0 radical (unpaired) electrons. The molecule has 1 fully saturated rings. The van der Waals surface area contributed by atoms with E-state index >= 15 is 0 Å². The van der Waals surface area contributed by atoms with Gasteiger partial charge >= 0.3 is 5.97 Å². The predicted molar refractivity (Wildman–Crippen MR) is 77.5 cm³/mol. The number of carbonyl (C=O) groups excluding carboxylic acids is 1. The van der Waals surface area contributed by atoms with Crippen LogP contribution in [0.4, 0.5) is 0 Å². The summed E-state index contributed by atoms with van der Waals surface area (Å²) >= 11 is 0. The van der Waals surface area contributed by atoms with Crippen molar-refractivity contribution in [2.45, 2.75) is 65.6 Å². The molecule has 114 valence electrons. The summed E-state index contributed by atoms with van der Waals surface area (Å²) in [6.07, 6.45) is 4.27. The molecule has 0 saturated carbocycles. The highest BCUT2D eigenvalue weighted by Gasteiger charge is 2.40. The zero-order valence-electron chi connectivity index (χ0n) is 13.1. The maximum Gasteiger partial charge on any atom is 0.306 e. The molecule has 0 spiro atoms. The molecule has 20 heavy (non-hydrogen) atoms. The zero-order valence-corrected chi connectivity index (χ0v) is 13.1. The Balaban J connectivity index is 2.62. The van der Waals surface area contributed by atoms with Crippen LogP contribution in [0.25, 0.3) is 0 Å². The van der Waals surface area contributed by atoms with E-state index in [-0.39, 0.29) is 23.7 Å². The predicted octanol–water partition coefficient (Wildman–Crippen LogP) is 3.21. The maximum absolute atomic E-state index is 11.6. The van der Waals surface area contributed by atoms with E-state index < -0.39 is 11.6 Å². The summed E-state index contributed by atoms with van der Waals surface area (Å²) in [5, 5.41) is 8.92. The normalized spacial score (nSPS) is 30.1. The van der Waals surface area contributed by atoms with Gasteiger partial charge in [0.25, 0.3) is 0 Å². The molecule has 0 unspecified atom stereocenters. The van der Waals surface area contributed by atoms with Crippen LogP contribution >= 0.6 is 0 Å². The number of ether oxygens (including phenoxy) is 1. The van der Waals surface area contributed by atoms with Crippen molar-refractivity contribution in [2.75, 3.05) is 0 Å². The van der Waals surface area contributed by atoms with Gasteiger partial charge < -0.3 is 9.84 Å². The fraction of sp³-hybridized carbons (Fsp3) is 0.750. The topological polar surface area (TPSA) is 63.6 Å². The number of Topliss-reactive ketones (excluding diaryl/α,β-unsaturated/α-hetero) is 1. The van der Waals surface area contributed by atoms with Gasteiger partial charge in [-0.2, -0.15) is 0 Å². The molecule has 0 aliphatic carbocycles. The molecule has 1 heterocycles. The van der Waals surface area contributed by atoms with Crippen LogP contribution in [-0.2, 0) is 14.3 Å². The highest BCUT2D eigenvalue weighted by Crippen LogP contribution is 2.34. The monoisotopic (exact) mass is 282 g/mol. The Morgan fingerprint density at radius 1 is 1.40 bits per heavy atom. The van der Waals surface area contributed by atoms with Crippen LogP contribution in [0.15, 0.2) is 11.6 Å². The van der Waals surface area contributed by atoms with Gasteiger partial charge in [0.2, 0.25) is 0 Å². The van der Waals surface area contributed by atoms with Crippen LogP contribution in [0.1, 0.15) is 53.9 Å². The molecule has 1 rings (SSSR count). The van der Waals surface area contributed by atoms with Crippen LogP contribution in [0, 0.1) is 11.8 Å². The maximum atomic E-state index is 11.6. The van der Waals surface area contributed by atoms with E-state index in [1.54, 1.807) is 13.8 Å². The second-order valence-corrected chi connectivity index (χ2v) is 6.30. The van der Waals surface area contributed by atoms with Crippen molar-refractivity contribution < 1.29 is 19.4 Å². The van der Waals surface area contributed by atoms with Crippen LogP contribution in [0.2, 0.25) is 0 Å². The standard InChI is InChI=1S/C16H26O4/c1-10(9-12(3)15(18)19)8-11(2)14-6-7-16(5,20-14)13(4)17/h8,10,12,14H,6-7,9H2,1-5H3,(H,18,19)/b11-8+/t10-,12-,14+,16+/m0/s1. The second kappa shape index (κ2) is 6.53. The van der Waals surface area contributed by atoms with Crippen molar-refractivity contribution in [3.05, 3.63) is 11.6 Å². The number of carbonyl (C=O) groups is 2. The zero-order chi connectivity index (χ0) is 15.5. The summed E-state index contributed by atoms with van der Waals surface area (Å²) in [6, 6.07) is 0. The third kappa shape index (κ3) is 4.17. The lowest BCUT2D eigenvalue weighted by Crippen LogP contribution is -2.33. The molecule has 4 heteroatoms. The molecule has 1 aliphatic heterocycles. The Labute approximate surface area is 121 Å². The minimum Gasteiger partial charge on any atom is -0.481 e. The van der Waals surface area contributed by atoms with Gasteiger partial charge in [-0.3, -0.25) is 9.59 Å². The molecule has 0 aromatic rings. The Morgan fingerprint density at radius 2 is 2.00 bits per heavy atom. The molecule has 4 nitrogen and oxygen atoms in total. The third-order valence-electron chi connectivity index (χ3n) is 4.23. The number of carboxylic acids is 1. The molecule has 1 saturated heterocycles. The van der Waals surface area contributed by atoms with Crippen LogP contribution in [-0.4, -0.2) is 28.6 Å². The number of carboxylic acid groups (broad SMARTS) is 1. The molecule has 4 atom stereocenters. The molecular formula is C16H26O4. The lowest BCUT2D eigenvalue weighted by atomic mass is 9.93.